The molecule has 2 N–H and O–H groups in total. The molecule has 0 bridgehead atoms. The molecule has 1 aromatic carbocycles. The summed E-state index contributed by atoms with van der Waals surface area (Å²) in [5.41, 5.74) is 6.03. The van der Waals surface area contributed by atoms with Gasteiger partial charge in [-0.25, -0.2) is 12.8 Å². The zero-order chi connectivity index (χ0) is 14.0. The van der Waals surface area contributed by atoms with Crippen LogP contribution >= 0.6 is 15.9 Å². The lowest BCUT2D eigenvalue weighted by molar-refractivity contribution is 0.595. The van der Waals surface area contributed by atoms with Gasteiger partial charge >= 0.3 is 0 Å². The van der Waals surface area contributed by atoms with Gasteiger partial charge in [0, 0.05) is 10.7 Å². The molecule has 19 heavy (non-hydrogen) atoms. The Balaban J connectivity index is 2.39. The van der Waals surface area contributed by atoms with Crippen molar-refractivity contribution in [1.29, 1.82) is 0 Å². The number of anilines is 1. The lowest BCUT2D eigenvalue weighted by atomic mass is 10.2. The minimum Gasteiger partial charge on any atom is -0.396 e. The Morgan fingerprint density at radius 1 is 1.32 bits per heavy atom. The molecule has 0 amide bonds. The van der Waals surface area contributed by atoms with E-state index in [0.29, 0.717) is 10.0 Å². The number of aromatic nitrogens is 1. The number of rotatable bonds is 3. The minimum absolute atomic E-state index is 0.00267. The third kappa shape index (κ3) is 3.30. The predicted octanol–water partition coefficient (Wildman–Crippen LogP) is 2.54. The molecule has 0 fully saturated rings. The molecule has 0 atom stereocenters. The van der Waals surface area contributed by atoms with Crippen molar-refractivity contribution in [2.45, 2.75) is 10.6 Å². The molecule has 0 unspecified atom stereocenters. The monoisotopic (exact) mass is 344 g/mol. The van der Waals surface area contributed by atoms with E-state index in [4.69, 9.17) is 5.73 Å². The number of nitrogens with zero attached hydrogens (tertiary/aromatic N) is 1. The second-order valence-corrected chi connectivity index (χ2v) is 6.82. The first kappa shape index (κ1) is 14.0. The van der Waals surface area contributed by atoms with E-state index in [0.717, 1.165) is 0 Å². The van der Waals surface area contributed by atoms with Crippen LogP contribution in [-0.2, 0) is 15.6 Å². The quantitative estimate of drug-likeness (QED) is 0.928. The van der Waals surface area contributed by atoms with Crippen LogP contribution in [0, 0.1) is 5.82 Å². The maximum absolute atomic E-state index is 13.2. The molecule has 0 aliphatic carbocycles. The number of halogens is 2. The molecule has 2 aromatic rings. The van der Waals surface area contributed by atoms with E-state index in [2.05, 4.69) is 20.9 Å². The number of hydrogen-bond donors (Lipinski definition) is 1. The first-order valence-electron chi connectivity index (χ1n) is 5.26. The highest BCUT2D eigenvalue weighted by atomic mass is 79.9. The minimum atomic E-state index is -3.63. The maximum Gasteiger partial charge on any atom is 0.184 e. The van der Waals surface area contributed by atoms with Gasteiger partial charge in [-0.2, -0.15) is 0 Å². The summed E-state index contributed by atoms with van der Waals surface area (Å²) in [6, 6.07) is 5.33. The van der Waals surface area contributed by atoms with Gasteiger partial charge < -0.3 is 5.73 Å². The highest BCUT2D eigenvalue weighted by Gasteiger charge is 2.18. The van der Waals surface area contributed by atoms with Gasteiger partial charge in [-0.15, -0.1) is 0 Å². The van der Waals surface area contributed by atoms with E-state index in [1.165, 1.54) is 30.6 Å². The van der Waals surface area contributed by atoms with Gasteiger partial charge in [-0.05, 0) is 29.8 Å². The Hall–Kier alpha value is -1.47. The molecule has 0 radical (unpaired) electrons. The third-order valence-corrected chi connectivity index (χ3v) is 4.64. The summed E-state index contributed by atoms with van der Waals surface area (Å²) in [5.74, 6) is -0.820. The average molecular weight is 345 g/mol. The van der Waals surface area contributed by atoms with Gasteiger partial charge in [0.2, 0.25) is 0 Å². The first-order chi connectivity index (χ1) is 8.88. The van der Waals surface area contributed by atoms with Gasteiger partial charge in [-0.3, -0.25) is 4.98 Å². The molecule has 0 saturated carbocycles. The summed E-state index contributed by atoms with van der Waals surface area (Å²) in [7, 11) is -3.63. The van der Waals surface area contributed by atoms with Crippen LogP contribution in [0.2, 0.25) is 0 Å². The van der Waals surface area contributed by atoms with Crippen LogP contribution in [0.1, 0.15) is 5.56 Å². The Kier molecular flexibility index (Phi) is 3.86. The summed E-state index contributed by atoms with van der Waals surface area (Å²) in [6.45, 7) is 0. The summed E-state index contributed by atoms with van der Waals surface area (Å²) >= 11 is 3.12. The second kappa shape index (κ2) is 5.26. The van der Waals surface area contributed by atoms with Gasteiger partial charge in [-0.1, -0.05) is 15.9 Å². The van der Waals surface area contributed by atoms with Crippen molar-refractivity contribution in [3.63, 3.8) is 0 Å². The largest absolute Gasteiger partial charge is 0.396 e. The molecule has 0 aliphatic rings. The molecule has 1 heterocycles. The normalized spacial score (nSPS) is 11.5. The number of hydrogen-bond acceptors (Lipinski definition) is 4. The maximum atomic E-state index is 13.2. The van der Waals surface area contributed by atoms with Gasteiger partial charge in [0.1, 0.15) is 5.82 Å². The molecule has 4 nitrogen and oxygen atoms in total. The number of nitrogens with two attached hydrogens (primary N) is 1. The van der Waals surface area contributed by atoms with E-state index in [9.17, 15) is 12.8 Å². The van der Waals surface area contributed by atoms with Gasteiger partial charge in [0.25, 0.3) is 0 Å². The van der Waals surface area contributed by atoms with Crippen molar-refractivity contribution in [2.24, 2.45) is 0 Å². The van der Waals surface area contributed by atoms with Crippen molar-refractivity contribution in [2.75, 3.05) is 5.73 Å². The summed E-state index contributed by atoms with van der Waals surface area (Å²) in [5, 5.41) is 0. The highest BCUT2D eigenvalue weighted by molar-refractivity contribution is 9.10. The second-order valence-electron chi connectivity index (χ2n) is 3.95. The molecule has 1 aromatic heterocycles. The lowest BCUT2D eigenvalue weighted by Gasteiger charge is -2.07. The number of nitrogen functional groups attached to an aromatic ring is 1. The Bertz CT molecular complexity index is 699. The molecule has 0 saturated heterocycles. The van der Waals surface area contributed by atoms with Crippen molar-refractivity contribution < 1.29 is 12.8 Å². The van der Waals surface area contributed by atoms with Crippen molar-refractivity contribution >= 4 is 31.5 Å². The van der Waals surface area contributed by atoms with Crippen LogP contribution in [0.25, 0.3) is 0 Å². The van der Waals surface area contributed by atoms with Crippen LogP contribution in [0.5, 0.6) is 0 Å². The van der Waals surface area contributed by atoms with Crippen molar-refractivity contribution in [3.05, 3.63) is 52.5 Å². The first-order valence-corrected chi connectivity index (χ1v) is 7.70. The van der Waals surface area contributed by atoms with Crippen molar-refractivity contribution in [3.8, 4) is 0 Å². The zero-order valence-corrected chi connectivity index (χ0v) is 12.1. The average Bonchev–Trinajstić information content (AvgIpc) is 2.26. The third-order valence-electron chi connectivity index (χ3n) is 2.42. The Morgan fingerprint density at radius 2 is 2.05 bits per heavy atom. The highest BCUT2D eigenvalue weighted by Crippen LogP contribution is 2.23. The molecule has 0 aliphatic heterocycles. The van der Waals surface area contributed by atoms with E-state index >= 15 is 0 Å². The number of sulfone groups is 1. The molecule has 7 heteroatoms. The van der Waals surface area contributed by atoms with E-state index < -0.39 is 15.7 Å². The summed E-state index contributed by atoms with van der Waals surface area (Å²) in [4.78, 5) is 3.74. The smallest absolute Gasteiger partial charge is 0.184 e. The van der Waals surface area contributed by atoms with Crippen LogP contribution in [0.4, 0.5) is 10.1 Å². The van der Waals surface area contributed by atoms with E-state index in [1.54, 1.807) is 6.07 Å². The predicted molar refractivity (Wildman–Crippen MR) is 73.6 cm³/mol. The fraction of sp³-hybridized carbons (Fsp3) is 0.0833. The van der Waals surface area contributed by atoms with Gasteiger partial charge in [0.05, 0.1) is 22.5 Å². The summed E-state index contributed by atoms with van der Waals surface area (Å²) < 4.78 is 38.1. The van der Waals surface area contributed by atoms with E-state index in [-0.39, 0.29) is 16.3 Å². The Labute approximate surface area is 118 Å². The molecular formula is C12H10BrFN2O2S. The number of benzene rings is 1. The van der Waals surface area contributed by atoms with Crippen LogP contribution in [-0.4, -0.2) is 13.4 Å². The van der Waals surface area contributed by atoms with Crippen LogP contribution in [0.15, 0.2) is 46.0 Å². The topological polar surface area (TPSA) is 73.0 Å². The van der Waals surface area contributed by atoms with E-state index in [1.807, 2.05) is 0 Å². The SMILES string of the molecule is Nc1cnccc1S(=O)(=O)Cc1cc(F)cc(Br)c1. The summed E-state index contributed by atoms with van der Waals surface area (Å²) in [6.07, 6.45) is 2.62. The van der Waals surface area contributed by atoms with Crippen LogP contribution in [0.3, 0.4) is 0 Å². The molecule has 2 rings (SSSR count). The lowest BCUT2D eigenvalue weighted by Crippen LogP contribution is -2.08. The fourth-order valence-electron chi connectivity index (χ4n) is 1.67. The fourth-order valence-corrected chi connectivity index (χ4v) is 3.62. The molecule has 100 valence electrons. The van der Waals surface area contributed by atoms with Crippen molar-refractivity contribution in [1.82, 2.24) is 4.98 Å². The van der Waals surface area contributed by atoms with Gasteiger partial charge in [0.15, 0.2) is 9.84 Å². The Morgan fingerprint density at radius 3 is 2.68 bits per heavy atom. The number of pyridine rings is 1. The zero-order valence-electron chi connectivity index (χ0n) is 9.68. The van der Waals surface area contributed by atoms with Crippen LogP contribution < -0.4 is 5.73 Å². The standard InChI is InChI=1S/C12H10BrFN2O2S/c13-9-3-8(4-10(14)5-9)7-19(17,18)12-1-2-16-6-11(12)15/h1-6H,7,15H2. The molecular weight excluding hydrogens is 335 g/mol. The molecule has 0 spiro atoms.